The van der Waals surface area contributed by atoms with E-state index in [1.54, 1.807) is 0 Å². The topological polar surface area (TPSA) is 3.24 Å². The number of benzene rings is 2. The highest BCUT2D eigenvalue weighted by atomic mass is 35.5. The quantitative estimate of drug-likeness (QED) is 0.739. The Hall–Kier alpha value is -1.12. The third-order valence-corrected chi connectivity index (χ3v) is 4.74. The van der Waals surface area contributed by atoms with Crippen LogP contribution in [0.3, 0.4) is 0 Å². The maximum Gasteiger partial charge on any atom is 0.106 e. The number of thioether (sulfide) groups is 1. The van der Waals surface area contributed by atoms with Gasteiger partial charge < -0.3 is 4.90 Å². The first kappa shape index (κ1) is 11.0. The minimum Gasteiger partial charge on any atom is -0.357 e. The second kappa shape index (κ2) is 4.28. The van der Waals surface area contributed by atoms with Crippen LogP contribution in [0.2, 0.25) is 5.02 Å². The van der Waals surface area contributed by atoms with Crippen molar-refractivity contribution in [2.24, 2.45) is 0 Å². The van der Waals surface area contributed by atoms with Crippen molar-refractivity contribution in [3.05, 3.63) is 59.1 Å². The van der Waals surface area contributed by atoms with E-state index < -0.39 is 0 Å². The first-order valence-electron chi connectivity index (χ1n) is 5.50. The Kier molecular flexibility index (Phi) is 2.77. The van der Waals surface area contributed by atoms with Crippen LogP contribution < -0.4 is 4.90 Å². The Labute approximate surface area is 110 Å². The van der Waals surface area contributed by atoms with Crippen molar-refractivity contribution in [1.29, 1.82) is 0 Å². The van der Waals surface area contributed by atoms with Gasteiger partial charge >= 0.3 is 0 Å². The van der Waals surface area contributed by atoms with Crippen molar-refractivity contribution >= 4 is 29.1 Å². The minimum absolute atomic E-state index is 0.279. The first-order chi connectivity index (χ1) is 8.27. The number of halogens is 1. The zero-order valence-electron chi connectivity index (χ0n) is 9.43. The molecule has 0 radical (unpaired) electrons. The molecule has 0 amide bonds. The Morgan fingerprint density at radius 3 is 2.53 bits per heavy atom. The third-order valence-electron chi connectivity index (χ3n) is 3.01. The summed E-state index contributed by atoms with van der Waals surface area (Å²) in [5.74, 6) is 0. The number of fused-ring (bicyclic) bond motifs is 1. The standard InChI is InChI=1S/C14H12ClNS/c1-16-12-8-4-5-9-13(12)17-14(16)10-6-2-3-7-11(10)15/h2-9,14H,1H3. The second-order valence-corrected chi connectivity index (χ2v) is 5.60. The number of anilines is 1. The molecule has 2 aromatic carbocycles. The second-order valence-electron chi connectivity index (χ2n) is 4.07. The molecule has 0 spiro atoms. The van der Waals surface area contributed by atoms with Crippen molar-refractivity contribution in [2.45, 2.75) is 10.3 Å². The molecule has 1 aliphatic heterocycles. The summed E-state index contributed by atoms with van der Waals surface area (Å²) in [6, 6.07) is 16.5. The van der Waals surface area contributed by atoms with Gasteiger partial charge in [0, 0.05) is 22.5 Å². The van der Waals surface area contributed by atoms with Gasteiger partial charge in [-0.2, -0.15) is 0 Å². The summed E-state index contributed by atoms with van der Waals surface area (Å²) in [5.41, 5.74) is 2.46. The van der Waals surface area contributed by atoms with Gasteiger partial charge in [-0.25, -0.2) is 0 Å². The van der Waals surface area contributed by atoms with E-state index >= 15 is 0 Å². The van der Waals surface area contributed by atoms with Crippen molar-refractivity contribution in [3.8, 4) is 0 Å². The summed E-state index contributed by atoms with van der Waals surface area (Å²) in [6.45, 7) is 0. The predicted molar refractivity (Wildman–Crippen MR) is 74.9 cm³/mol. The highest BCUT2D eigenvalue weighted by Crippen LogP contribution is 2.51. The maximum atomic E-state index is 6.27. The number of nitrogens with zero attached hydrogens (tertiary/aromatic N) is 1. The average Bonchev–Trinajstić information content (AvgIpc) is 2.68. The molecule has 3 heteroatoms. The van der Waals surface area contributed by atoms with E-state index in [0.29, 0.717) is 0 Å². The SMILES string of the molecule is CN1c2ccccc2SC1c1ccccc1Cl. The molecule has 1 aliphatic rings. The fraction of sp³-hybridized carbons (Fsp3) is 0.143. The van der Waals surface area contributed by atoms with Gasteiger partial charge in [-0.3, -0.25) is 0 Å². The van der Waals surface area contributed by atoms with Gasteiger partial charge in [-0.15, -0.1) is 0 Å². The monoisotopic (exact) mass is 261 g/mol. The van der Waals surface area contributed by atoms with Crippen LogP contribution in [0.1, 0.15) is 10.9 Å². The highest BCUT2D eigenvalue weighted by Gasteiger charge is 2.29. The molecule has 1 atom stereocenters. The summed E-state index contributed by atoms with van der Waals surface area (Å²) < 4.78 is 0. The van der Waals surface area contributed by atoms with Gasteiger partial charge in [-0.1, -0.05) is 53.7 Å². The summed E-state index contributed by atoms with van der Waals surface area (Å²) in [6.07, 6.45) is 0. The van der Waals surface area contributed by atoms with Crippen LogP contribution in [-0.4, -0.2) is 7.05 Å². The number of hydrogen-bond acceptors (Lipinski definition) is 2. The number of hydrogen-bond donors (Lipinski definition) is 0. The van der Waals surface area contributed by atoms with Crippen LogP contribution in [0.25, 0.3) is 0 Å². The van der Waals surface area contributed by atoms with Crippen LogP contribution in [0.5, 0.6) is 0 Å². The zero-order valence-corrected chi connectivity index (χ0v) is 11.0. The molecule has 17 heavy (non-hydrogen) atoms. The Morgan fingerprint density at radius 1 is 1.06 bits per heavy atom. The molecular formula is C14H12ClNS. The largest absolute Gasteiger partial charge is 0.357 e. The predicted octanol–water partition coefficient (Wildman–Crippen LogP) is 4.58. The molecule has 0 aromatic heterocycles. The lowest BCUT2D eigenvalue weighted by Gasteiger charge is -2.22. The van der Waals surface area contributed by atoms with E-state index in [0.717, 1.165) is 5.02 Å². The maximum absolute atomic E-state index is 6.27. The molecule has 1 nitrogen and oxygen atoms in total. The molecule has 3 rings (SSSR count). The molecule has 0 aliphatic carbocycles. The number of rotatable bonds is 1. The van der Waals surface area contributed by atoms with E-state index in [9.17, 15) is 0 Å². The van der Waals surface area contributed by atoms with Crippen LogP contribution in [0.4, 0.5) is 5.69 Å². The van der Waals surface area contributed by atoms with E-state index in [2.05, 4.69) is 42.3 Å². The van der Waals surface area contributed by atoms with Crippen molar-refractivity contribution in [1.82, 2.24) is 0 Å². The first-order valence-corrected chi connectivity index (χ1v) is 6.76. The molecule has 0 N–H and O–H groups in total. The molecule has 1 unspecified atom stereocenters. The average molecular weight is 262 g/mol. The summed E-state index contributed by atoms with van der Waals surface area (Å²) in [7, 11) is 2.12. The van der Waals surface area contributed by atoms with Gasteiger partial charge in [0.25, 0.3) is 0 Å². The Bertz CT molecular complexity index is 555. The molecule has 1 heterocycles. The van der Waals surface area contributed by atoms with E-state index in [4.69, 9.17) is 11.6 Å². The van der Waals surface area contributed by atoms with E-state index in [1.807, 2.05) is 30.0 Å². The Morgan fingerprint density at radius 2 is 1.76 bits per heavy atom. The van der Waals surface area contributed by atoms with Crippen molar-refractivity contribution in [2.75, 3.05) is 11.9 Å². The van der Waals surface area contributed by atoms with Crippen molar-refractivity contribution in [3.63, 3.8) is 0 Å². The summed E-state index contributed by atoms with van der Waals surface area (Å²) in [5, 5.41) is 1.12. The van der Waals surface area contributed by atoms with Gasteiger partial charge in [0.05, 0.1) is 5.69 Å². The lowest BCUT2D eigenvalue weighted by atomic mass is 10.2. The van der Waals surface area contributed by atoms with Crippen molar-refractivity contribution < 1.29 is 0 Å². The van der Waals surface area contributed by atoms with Crippen LogP contribution in [0, 0.1) is 0 Å². The van der Waals surface area contributed by atoms with Gasteiger partial charge in [0.15, 0.2) is 0 Å². The van der Waals surface area contributed by atoms with Crippen LogP contribution >= 0.6 is 23.4 Å². The fourth-order valence-corrected chi connectivity index (χ4v) is 3.76. The lowest BCUT2D eigenvalue weighted by molar-refractivity contribution is 0.914. The van der Waals surface area contributed by atoms with E-state index in [-0.39, 0.29) is 5.37 Å². The van der Waals surface area contributed by atoms with Crippen LogP contribution in [-0.2, 0) is 0 Å². The van der Waals surface area contributed by atoms with Gasteiger partial charge in [-0.05, 0) is 18.2 Å². The highest BCUT2D eigenvalue weighted by molar-refractivity contribution is 8.00. The normalized spacial score (nSPS) is 18.2. The molecular weight excluding hydrogens is 250 g/mol. The zero-order chi connectivity index (χ0) is 11.8. The number of para-hydroxylation sites is 1. The van der Waals surface area contributed by atoms with Crippen LogP contribution in [0.15, 0.2) is 53.4 Å². The lowest BCUT2D eigenvalue weighted by Crippen LogP contribution is -2.17. The third kappa shape index (κ3) is 1.81. The summed E-state index contributed by atoms with van der Waals surface area (Å²) in [4.78, 5) is 3.60. The molecule has 0 fully saturated rings. The minimum atomic E-state index is 0.279. The molecule has 0 bridgehead atoms. The smallest absolute Gasteiger partial charge is 0.106 e. The molecule has 86 valence electrons. The molecule has 0 saturated carbocycles. The summed E-state index contributed by atoms with van der Waals surface area (Å²) >= 11 is 8.13. The van der Waals surface area contributed by atoms with Gasteiger partial charge in [0.2, 0.25) is 0 Å². The molecule has 0 saturated heterocycles. The Balaban J connectivity index is 2.02. The van der Waals surface area contributed by atoms with Gasteiger partial charge in [0.1, 0.15) is 5.37 Å². The fourth-order valence-electron chi connectivity index (χ4n) is 2.12. The van der Waals surface area contributed by atoms with E-state index in [1.165, 1.54) is 16.1 Å². The molecule has 2 aromatic rings.